The van der Waals surface area contributed by atoms with Crippen LogP contribution in [-0.4, -0.2) is 0 Å². The van der Waals surface area contributed by atoms with Crippen LogP contribution in [0.1, 0.15) is 193 Å². The summed E-state index contributed by atoms with van der Waals surface area (Å²) in [5, 5.41) is 6.16. The zero-order valence-electron chi connectivity index (χ0n) is 37.5. The van der Waals surface area contributed by atoms with Gasteiger partial charge in [-0.1, -0.05) is 25.7 Å². The van der Waals surface area contributed by atoms with Crippen LogP contribution in [0.15, 0.2) is 0 Å². The molecule has 0 spiro atoms. The molecule has 61 heavy (non-hydrogen) atoms. The second kappa shape index (κ2) is 14.6. The Morgan fingerprint density at radius 1 is 0.230 bits per heavy atom. The molecule has 10 radical (unpaired) electrons. The van der Waals surface area contributed by atoms with Crippen molar-refractivity contribution in [2.75, 3.05) is 0 Å². The van der Waals surface area contributed by atoms with Crippen LogP contribution in [-0.2, 0) is 17.1 Å². The van der Waals surface area contributed by atoms with Gasteiger partial charge in [-0.2, -0.15) is 0 Å². The first-order valence-electron chi connectivity index (χ1n) is 27.2. The Kier molecular flexibility index (Phi) is 9.94. The van der Waals surface area contributed by atoms with Crippen molar-refractivity contribution in [2.45, 2.75) is 193 Å². The van der Waals surface area contributed by atoms with E-state index in [0.717, 1.165) is 99.6 Å². The average Bonchev–Trinajstić information content (AvgIpc) is 3.88. The van der Waals surface area contributed by atoms with E-state index in [0.29, 0.717) is 16.2 Å². The first-order valence-corrected chi connectivity index (χ1v) is 32.3. The molecule has 0 nitrogen and oxygen atoms in total. The van der Waals surface area contributed by atoms with Gasteiger partial charge in [0.25, 0.3) is 0 Å². The van der Waals surface area contributed by atoms with E-state index in [1.165, 1.54) is 0 Å². The third kappa shape index (κ3) is 6.48. The molecular weight excluding hydrogens is 871 g/mol. The van der Waals surface area contributed by atoms with Gasteiger partial charge in [0.2, 0.25) is 0 Å². The quantitative estimate of drug-likeness (QED) is 0.190. The molecule has 22 fully saturated rings. The van der Waals surface area contributed by atoms with Gasteiger partial charge >= 0.3 is 17.1 Å². The summed E-state index contributed by atoms with van der Waals surface area (Å²) in [6, 6.07) is 0. The summed E-state index contributed by atoms with van der Waals surface area (Å²) in [6.07, 6.45) is 48.2. The van der Waals surface area contributed by atoms with Gasteiger partial charge in [-0.25, -0.2) is 0 Å². The Bertz CT molecular complexity index is 1480. The molecule has 0 N–H and O–H groups in total. The molecule has 20 bridgehead atoms. The van der Waals surface area contributed by atoms with Gasteiger partial charge in [0.1, 0.15) is 0 Å². The van der Waals surface area contributed by atoms with Crippen molar-refractivity contribution in [3.8, 4) is 0 Å². The normalized spacial score (nSPS) is 62.5. The molecule has 0 aromatic rings. The predicted molar refractivity (Wildman–Crippen MR) is 254 cm³/mol. The molecule has 22 rings (SSSR count). The molecule has 20 saturated carbocycles. The van der Waals surface area contributed by atoms with Crippen LogP contribution in [0, 0.1) is 143 Å². The molecule has 326 valence electrons. The first kappa shape index (κ1) is 41.5. The van der Waals surface area contributed by atoms with Gasteiger partial charge in [0.05, 0.1) is 0 Å². The topological polar surface area (TPSA) is 0 Å². The maximum Gasteiger partial charge on any atom is 2.00 e. The average molecular weight is 947 g/mol. The molecule has 2 heterocycles. The molecule has 2 saturated heterocycles. The minimum Gasteiger partial charge on any atom is -0.0575 e. The molecule has 0 amide bonds. The van der Waals surface area contributed by atoms with E-state index in [9.17, 15) is 0 Å². The molecule has 6 heteroatoms. The summed E-state index contributed by atoms with van der Waals surface area (Å²) in [6.45, 7) is 0. The summed E-state index contributed by atoms with van der Waals surface area (Å²) in [5.41, 5.74) is 7.72. The van der Waals surface area contributed by atoms with Crippen molar-refractivity contribution in [3.05, 3.63) is 27.5 Å². The van der Waals surface area contributed by atoms with Crippen LogP contribution in [0.5, 0.6) is 0 Å². The number of hydrogen-bond acceptors (Lipinski definition) is 0. The van der Waals surface area contributed by atoms with Crippen LogP contribution < -0.4 is 0 Å². The van der Waals surface area contributed by atoms with Crippen LogP contribution in [0.4, 0.5) is 0 Å². The summed E-state index contributed by atoms with van der Waals surface area (Å²) >= 11 is 0. The molecule has 22 aliphatic rings. The molecule has 0 unspecified atom stereocenters. The van der Waals surface area contributed by atoms with Gasteiger partial charge < -0.3 is 0 Å². The molecule has 0 aromatic heterocycles. The van der Waals surface area contributed by atoms with Crippen LogP contribution in [0.2, 0.25) is 0 Å². The second-order valence-electron chi connectivity index (χ2n) is 28.2. The summed E-state index contributed by atoms with van der Waals surface area (Å²) in [4.78, 5) is 0. The van der Waals surface area contributed by atoms with Gasteiger partial charge in [0, 0.05) is 27.5 Å². The zero-order chi connectivity index (χ0) is 38.8. The Hall–Kier alpha value is 2.67. The Morgan fingerprint density at radius 2 is 0.410 bits per heavy atom. The van der Waals surface area contributed by atoms with Crippen molar-refractivity contribution in [3.63, 3.8) is 0 Å². The van der Waals surface area contributed by atoms with Crippen LogP contribution >= 0.6 is 42.3 Å². The van der Waals surface area contributed by atoms with E-state index in [-0.39, 0.29) is 17.1 Å². The Morgan fingerprint density at radius 3 is 0.623 bits per heavy atom. The monoisotopic (exact) mass is 946 g/mol. The van der Waals surface area contributed by atoms with Crippen molar-refractivity contribution in [1.29, 1.82) is 0 Å². The van der Waals surface area contributed by atoms with Crippen molar-refractivity contribution in [2.24, 2.45) is 116 Å². The minimum absolute atomic E-state index is 0. The molecule has 20 aliphatic carbocycles. The van der Waals surface area contributed by atoms with Gasteiger partial charge in [-0.3, -0.25) is 0 Å². The maximum absolute atomic E-state index is 2.14. The Balaban J connectivity index is 0.000000120. The van der Waals surface area contributed by atoms with E-state index in [4.69, 9.17) is 0 Å². The third-order valence-corrected chi connectivity index (χ3v) is 34.2. The fourth-order valence-corrected chi connectivity index (χ4v) is 35.2. The fourth-order valence-electron chi connectivity index (χ4n) is 24.0. The summed E-state index contributed by atoms with van der Waals surface area (Å²) in [5.74, 6) is 16.6. The first-order chi connectivity index (χ1) is 29.2. The third-order valence-electron chi connectivity index (χ3n) is 23.7. The molecule has 2 aliphatic heterocycles. The van der Waals surface area contributed by atoms with Gasteiger partial charge in [0.15, 0.2) is 0 Å². The van der Waals surface area contributed by atoms with E-state index < -0.39 is 0 Å². The maximum atomic E-state index is 2.14. The van der Waals surface area contributed by atoms with E-state index in [1.54, 1.807) is 218 Å². The minimum atomic E-state index is 0. The van der Waals surface area contributed by atoms with Crippen molar-refractivity contribution >= 4 is 42.3 Å². The van der Waals surface area contributed by atoms with Crippen LogP contribution in [0.25, 0.3) is 0 Å². The molecule has 0 atom stereocenters. The fraction of sp³-hybridized carbons (Fsp3) is 0.909. The predicted octanol–water partition coefficient (Wildman–Crippen LogP) is 18.3. The van der Waals surface area contributed by atoms with E-state index in [2.05, 4.69) is 16.7 Å². The van der Waals surface area contributed by atoms with Gasteiger partial charge in [-0.05, 0) is 325 Å². The molecule has 0 aromatic carbocycles. The smallest absolute Gasteiger partial charge is 0.0575 e. The number of rotatable bonds is 5. The number of hydrogen-bond donors (Lipinski definition) is 0. The standard InChI is InChI=1S/C33H45P2.C22H30P3.Fe/c1-19-2-21-3-20(1)11-31(10-19,12-21)28-29(32-13-22-4-23(14-32)6-24(5-22)15-32)35-30(34-28)33-16-25-7-26(17-33)9-27(8-25)18-33;1-13-2-15-3-14(1)8-21(7-13,9-15)19-23-20(25-24-19)22-10-16-4-17(11-22)6-18(5-16)12-22;/h19-27H,1-18H2;13-18H,1-12H2;/q;;+2. The van der Waals surface area contributed by atoms with Gasteiger partial charge in [-0.15, -0.1) is 0 Å². The SMILES string of the molecule is C1C2CC3CC1CC([C]1[P][C](C45CC6CC(CC(C6)C4)C5)[C](C45CC6CC(CC(C6)C4)C5)[P]1)(C2)C3.C1C2CC3CC1CC([C]1[P][P][C](C45CC6CC(CC(C6)C4)C5)[P]1)(C2)C3.[Fe+2]. The largest absolute Gasteiger partial charge is 2.00 e. The van der Waals surface area contributed by atoms with Crippen molar-refractivity contribution < 1.29 is 17.1 Å². The zero-order valence-corrected chi connectivity index (χ0v) is 43.0. The van der Waals surface area contributed by atoms with E-state index in [1.807, 2.05) is 28.0 Å². The summed E-state index contributed by atoms with van der Waals surface area (Å²) in [7, 11) is 9.01. The summed E-state index contributed by atoms with van der Waals surface area (Å²) < 4.78 is 0. The Labute approximate surface area is 392 Å². The molecular formula is C55H75FeP5+2. The van der Waals surface area contributed by atoms with Crippen molar-refractivity contribution in [1.82, 2.24) is 0 Å². The second-order valence-corrected chi connectivity index (χ2v) is 35.1. The van der Waals surface area contributed by atoms with E-state index >= 15 is 0 Å². The van der Waals surface area contributed by atoms with Crippen LogP contribution in [0.3, 0.4) is 0 Å².